The van der Waals surface area contributed by atoms with Crippen molar-refractivity contribution < 1.29 is 0 Å². The Bertz CT molecular complexity index is 2660. The zero-order valence-corrected chi connectivity index (χ0v) is 28.2. The molecule has 0 amide bonds. The first-order chi connectivity index (χ1) is 24.6. The van der Waals surface area contributed by atoms with Gasteiger partial charge in [-0.15, -0.1) is 11.3 Å². The Morgan fingerprint density at radius 2 is 1.34 bits per heavy atom. The lowest BCUT2D eigenvalue weighted by molar-refractivity contribution is 1.01. The molecule has 0 saturated carbocycles. The molecule has 0 fully saturated rings. The van der Waals surface area contributed by atoms with Crippen molar-refractivity contribution in [2.45, 2.75) is 19.8 Å². The Kier molecular flexibility index (Phi) is 7.38. The van der Waals surface area contributed by atoms with Gasteiger partial charge in [-0.25, -0.2) is 15.0 Å². The van der Waals surface area contributed by atoms with Gasteiger partial charge in [-0.3, -0.25) is 0 Å². The van der Waals surface area contributed by atoms with Gasteiger partial charge < -0.3 is 0 Å². The molecule has 236 valence electrons. The minimum atomic E-state index is 0.619. The fourth-order valence-electron chi connectivity index (χ4n) is 6.92. The molecule has 8 aromatic rings. The highest BCUT2D eigenvalue weighted by Crippen LogP contribution is 2.40. The molecule has 0 radical (unpaired) electrons. The van der Waals surface area contributed by atoms with Gasteiger partial charge >= 0.3 is 0 Å². The van der Waals surface area contributed by atoms with E-state index in [1.807, 2.05) is 54.6 Å². The number of fused-ring (bicyclic) bond motifs is 4. The summed E-state index contributed by atoms with van der Waals surface area (Å²) >= 11 is 1.77. The van der Waals surface area contributed by atoms with Crippen molar-refractivity contribution in [1.82, 2.24) is 15.0 Å². The minimum Gasteiger partial charge on any atom is -0.208 e. The zero-order valence-electron chi connectivity index (χ0n) is 27.4. The lowest BCUT2D eigenvalue weighted by Gasteiger charge is -2.15. The van der Waals surface area contributed by atoms with Gasteiger partial charge in [-0.1, -0.05) is 103 Å². The summed E-state index contributed by atoms with van der Waals surface area (Å²) in [5.74, 6) is 1.94. The lowest BCUT2D eigenvalue weighted by atomic mass is 9.90. The number of aryl methyl sites for hydroxylation is 2. The van der Waals surface area contributed by atoms with Gasteiger partial charge in [0.15, 0.2) is 17.5 Å². The molecule has 0 saturated heterocycles. The van der Waals surface area contributed by atoms with Crippen molar-refractivity contribution >= 4 is 39.0 Å². The van der Waals surface area contributed by atoms with Gasteiger partial charge in [0.05, 0.1) is 16.5 Å². The Balaban J connectivity index is 1.30. The van der Waals surface area contributed by atoms with Crippen LogP contribution in [0.3, 0.4) is 0 Å². The maximum atomic E-state index is 9.51. The smallest absolute Gasteiger partial charge is 0.174 e. The van der Waals surface area contributed by atoms with Crippen molar-refractivity contribution in [1.29, 1.82) is 5.26 Å². The Morgan fingerprint density at radius 3 is 2.16 bits per heavy atom. The Morgan fingerprint density at radius 1 is 0.600 bits per heavy atom. The molecule has 1 aliphatic carbocycles. The van der Waals surface area contributed by atoms with Crippen LogP contribution in [0.1, 0.15) is 28.0 Å². The molecular formula is C45H30N4S. The second kappa shape index (κ2) is 12.3. The molecule has 0 atom stereocenters. The van der Waals surface area contributed by atoms with Crippen molar-refractivity contribution in [3.63, 3.8) is 0 Å². The Hall–Kier alpha value is -6.22. The van der Waals surface area contributed by atoms with Gasteiger partial charge in [0.25, 0.3) is 0 Å². The van der Waals surface area contributed by atoms with E-state index in [0.717, 1.165) is 51.1 Å². The predicted octanol–water partition coefficient (Wildman–Crippen LogP) is 11.7. The number of thiophene rings is 1. The topological polar surface area (TPSA) is 62.5 Å². The molecule has 6 aromatic carbocycles. The second-order valence-corrected chi connectivity index (χ2v) is 13.9. The van der Waals surface area contributed by atoms with Crippen LogP contribution in [0.25, 0.3) is 83.4 Å². The van der Waals surface area contributed by atoms with E-state index in [1.165, 1.54) is 37.5 Å². The van der Waals surface area contributed by atoms with Crippen molar-refractivity contribution in [3.8, 4) is 61.8 Å². The fraction of sp³-hybridized carbons (Fsp3) is 0.0667. The number of aromatic nitrogens is 3. The van der Waals surface area contributed by atoms with Gasteiger partial charge in [0.2, 0.25) is 0 Å². The summed E-state index contributed by atoms with van der Waals surface area (Å²) in [5, 5.41) is 14.4. The quantitative estimate of drug-likeness (QED) is 0.173. The molecule has 2 aromatic heterocycles. The molecular weight excluding hydrogens is 629 g/mol. The van der Waals surface area contributed by atoms with Crippen molar-refractivity contribution in [3.05, 3.63) is 155 Å². The van der Waals surface area contributed by atoms with Gasteiger partial charge in [0, 0.05) is 16.0 Å². The van der Waals surface area contributed by atoms with E-state index >= 15 is 0 Å². The Labute approximate surface area is 294 Å². The SMILES string of the molecule is Cc1ccc2c(-c3cc(-c4ccc(C#N)cc4)cc(-c4nc(-c5ccccc5)nc(-c5cc6c(s5)CCC=C6)n4)c3)cc3ccccc3c2c1. The minimum absolute atomic E-state index is 0.619. The monoisotopic (exact) mass is 658 g/mol. The van der Waals surface area contributed by atoms with Crippen LogP contribution in [-0.2, 0) is 6.42 Å². The number of nitrogens with zero attached hydrogens (tertiary/aromatic N) is 4. The highest BCUT2D eigenvalue weighted by Gasteiger charge is 2.19. The molecule has 0 spiro atoms. The van der Waals surface area contributed by atoms with E-state index in [2.05, 4.69) is 97.9 Å². The zero-order chi connectivity index (χ0) is 33.6. The second-order valence-electron chi connectivity index (χ2n) is 12.8. The standard InChI is InChI=1S/C45H30N4S/c1-28-15-20-38-39(25-32-11-5-7-13-37(32)40(38)21-28)35-22-34(30-18-16-29(27-46)17-19-30)23-36(24-35)44-47-43(31-9-3-2-4-10-31)48-45(49-44)42-26-33-12-6-8-14-41(33)50-42/h2-7,9-13,15-26H,8,14H2,1H3. The molecule has 5 heteroatoms. The number of rotatable bonds is 5. The molecule has 50 heavy (non-hydrogen) atoms. The fourth-order valence-corrected chi connectivity index (χ4v) is 8.02. The van der Waals surface area contributed by atoms with E-state index in [4.69, 9.17) is 15.0 Å². The molecule has 1 aliphatic rings. The number of hydrogen-bond donors (Lipinski definition) is 0. The molecule has 4 nitrogen and oxygen atoms in total. The van der Waals surface area contributed by atoms with E-state index in [-0.39, 0.29) is 0 Å². The number of benzene rings is 6. The molecule has 0 N–H and O–H groups in total. The van der Waals surface area contributed by atoms with Crippen LogP contribution in [0, 0.1) is 18.3 Å². The van der Waals surface area contributed by atoms with E-state index < -0.39 is 0 Å². The third kappa shape index (κ3) is 5.46. The predicted molar refractivity (Wildman–Crippen MR) is 207 cm³/mol. The van der Waals surface area contributed by atoms with Gasteiger partial charge in [-0.2, -0.15) is 5.26 Å². The summed E-state index contributed by atoms with van der Waals surface area (Å²) in [4.78, 5) is 17.8. The first-order valence-electron chi connectivity index (χ1n) is 16.8. The summed E-state index contributed by atoms with van der Waals surface area (Å²) in [7, 11) is 0. The van der Waals surface area contributed by atoms with E-state index in [9.17, 15) is 5.26 Å². The third-order valence-corrected chi connectivity index (χ3v) is 10.6. The van der Waals surface area contributed by atoms with Crippen molar-refractivity contribution in [2.75, 3.05) is 0 Å². The largest absolute Gasteiger partial charge is 0.208 e. The van der Waals surface area contributed by atoms with Gasteiger partial charge in [0.1, 0.15) is 0 Å². The first-order valence-corrected chi connectivity index (χ1v) is 17.6. The van der Waals surface area contributed by atoms with Crippen LogP contribution >= 0.6 is 11.3 Å². The maximum absolute atomic E-state index is 9.51. The maximum Gasteiger partial charge on any atom is 0.174 e. The summed E-state index contributed by atoms with van der Waals surface area (Å²) in [6.45, 7) is 2.15. The van der Waals surface area contributed by atoms with Crippen LogP contribution < -0.4 is 0 Å². The summed E-state index contributed by atoms with van der Waals surface area (Å²) in [5.41, 5.74) is 9.21. The average Bonchev–Trinajstić information content (AvgIpc) is 3.62. The normalized spacial score (nSPS) is 12.2. The van der Waals surface area contributed by atoms with Crippen LogP contribution in [0.2, 0.25) is 0 Å². The summed E-state index contributed by atoms with van der Waals surface area (Å²) in [6.07, 6.45) is 6.54. The third-order valence-electron chi connectivity index (χ3n) is 9.43. The average molecular weight is 659 g/mol. The highest BCUT2D eigenvalue weighted by atomic mass is 32.1. The molecule has 9 rings (SSSR count). The number of hydrogen-bond acceptors (Lipinski definition) is 5. The highest BCUT2D eigenvalue weighted by molar-refractivity contribution is 7.15. The van der Waals surface area contributed by atoms with Crippen LogP contribution in [-0.4, -0.2) is 15.0 Å². The lowest BCUT2D eigenvalue weighted by Crippen LogP contribution is -2.00. The van der Waals surface area contributed by atoms with Crippen molar-refractivity contribution in [2.24, 2.45) is 0 Å². The number of allylic oxidation sites excluding steroid dienone is 1. The van der Waals surface area contributed by atoms with Gasteiger partial charge in [-0.05, 0) is 112 Å². The summed E-state index contributed by atoms with van der Waals surface area (Å²) < 4.78 is 0. The van der Waals surface area contributed by atoms with Crippen LogP contribution in [0.4, 0.5) is 0 Å². The summed E-state index contributed by atoms with van der Waals surface area (Å²) in [6, 6.07) is 46.6. The number of nitriles is 1. The molecule has 0 bridgehead atoms. The first kappa shape index (κ1) is 29.9. The molecule has 2 heterocycles. The molecule has 0 aliphatic heterocycles. The van der Waals surface area contributed by atoms with E-state index in [0.29, 0.717) is 23.0 Å². The van der Waals surface area contributed by atoms with Crippen LogP contribution in [0.5, 0.6) is 0 Å². The van der Waals surface area contributed by atoms with Crippen LogP contribution in [0.15, 0.2) is 133 Å². The molecule has 0 unspecified atom stereocenters. The van der Waals surface area contributed by atoms with E-state index in [1.54, 1.807) is 11.3 Å².